The van der Waals surface area contributed by atoms with Crippen LogP contribution in [-0.2, 0) is 4.79 Å². The van der Waals surface area contributed by atoms with Crippen LogP contribution in [0.5, 0.6) is 0 Å². The van der Waals surface area contributed by atoms with Gasteiger partial charge in [0.05, 0.1) is 0 Å². The summed E-state index contributed by atoms with van der Waals surface area (Å²) in [6, 6.07) is 10.9. The van der Waals surface area contributed by atoms with Gasteiger partial charge in [0, 0.05) is 64.5 Å². The minimum atomic E-state index is 0. The number of hydrogen-bond acceptors (Lipinski definition) is 3. The van der Waals surface area contributed by atoms with Gasteiger partial charge < -0.3 is 20.0 Å². The van der Waals surface area contributed by atoms with Gasteiger partial charge in [-0.25, -0.2) is 0 Å². The molecule has 1 unspecified atom stereocenters. The summed E-state index contributed by atoms with van der Waals surface area (Å²) in [5, 5.41) is 3.39. The summed E-state index contributed by atoms with van der Waals surface area (Å²) in [5.74, 6) is 1.17. The lowest BCUT2D eigenvalue weighted by molar-refractivity contribution is -0.134. The number of carbonyl (C=O) groups is 1. The predicted octanol–water partition coefficient (Wildman–Crippen LogP) is 2.79. The number of piperazine rings is 1. The van der Waals surface area contributed by atoms with Crippen LogP contribution in [0.3, 0.4) is 0 Å². The molecule has 2 saturated heterocycles. The number of hydrogen-bond donors (Lipinski definition) is 1. The van der Waals surface area contributed by atoms with Crippen LogP contribution in [0.15, 0.2) is 35.3 Å². The van der Waals surface area contributed by atoms with Crippen molar-refractivity contribution < 1.29 is 4.79 Å². The summed E-state index contributed by atoms with van der Waals surface area (Å²) in [4.78, 5) is 23.6. The molecule has 0 aliphatic carbocycles. The number of aliphatic imine (C=N–C) groups is 1. The number of halogens is 1. The van der Waals surface area contributed by atoms with Gasteiger partial charge in [-0.3, -0.25) is 9.79 Å². The first-order valence-corrected chi connectivity index (χ1v) is 10.2. The van der Waals surface area contributed by atoms with E-state index in [0.717, 1.165) is 51.5 Å². The molecule has 28 heavy (non-hydrogen) atoms. The molecule has 2 aliphatic rings. The van der Waals surface area contributed by atoms with Crippen molar-refractivity contribution in [2.75, 3.05) is 51.2 Å². The maximum absolute atomic E-state index is 12.5. The van der Waals surface area contributed by atoms with Gasteiger partial charge in [-0.1, -0.05) is 18.2 Å². The lowest BCUT2D eigenvalue weighted by Crippen LogP contribution is -2.53. The third-order valence-corrected chi connectivity index (χ3v) is 5.66. The van der Waals surface area contributed by atoms with Crippen molar-refractivity contribution in [2.45, 2.75) is 38.6 Å². The zero-order valence-corrected chi connectivity index (χ0v) is 19.5. The Kier molecular flexibility index (Phi) is 9.34. The minimum absolute atomic E-state index is 0. The molecule has 3 rings (SSSR count). The fraction of sp³-hybridized carbons (Fsp3) is 0.619. The van der Waals surface area contributed by atoms with Crippen LogP contribution in [0.1, 0.15) is 32.6 Å². The van der Waals surface area contributed by atoms with Crippen LogP contribution in [0.4, 0.5) is 5.69 Å². The Balaban J connectivity index is 0.00000280. The van der Waals surface area contributed by atoms with Crippen LogP contribution in [0.2, 0.25) is 0 Å². The molecule has 1 aromatic carbocycles. The summed E-state index contributed by atoms with van der Waals surface area (Å²) in [7, 11) is 1.82. The highest BCUT2D eigenvalue weighted by molar-refractivity contribution is 14.0. The standard InChI is InChI=1S/C21H33N5O.HI/c1-18-8-6-7-13-26(18)20(27)11-12-23-21(22-2)25-16-14-24(15-17-25)19-9-4-3-5-10-19;/h3-5,9-10,18H,6-8,11-17H2,1-2H3,(H,22,23);1H. The Bertz CT molecular complexity index is 631. The molecule has 156 valence electrons. The quantitative estimate of drug-likeness (QED) is 0.394. The average molecular weight is 499 g/mol. The SMILES string of the molecule is CN=C(NCCC(=O)N1CCCCC1C)N1CCN(c2ccccc2)CC1.I. The lowest BCUT2D eigenvalue weighted by atomic mass is 10.0. The molecule has 1 aromatic rings. The summed E-state index contributed by atoms with van der Waals surface area (Å²) in [6.45, 7) is 7.56. The maximum atomic E-state index is 12.5. The monoisotopic (exact) mass is 499 g/mol. The molecule has 0 aromatic heterocycles. The third-order valence-electron chi connectivity index (χ3n) is 5.66. The van der Waals surface area contributed by atoms with E-state index in [1.807, 2.05) is 11.9 Å². The fourth-order valence-electron chi connectivity index (χ4n) is 4.04. The summed E-state index contributed by atoms with van der Waals surface area (Å²) >= 11 is 0. The minimum Gasteiger partial charge on any atom is -0.368 e. The molecule has 2 fully saturated rings. The molecule has 2 heterocycles. The number of likely N-dealkylation sites (tertiary alicyclic amines) is 1. The van der Waals surface area contributed by atoms with Gasteiger partial charge in [0.15, 0.2) is 5.96 Å². The van der Waals surface area contributed by atoms with E-state index in [2.05, 4.69) is 57.4 Å². The number of nitrogens with one attached hydrogen (secondary N) is 1. The van der Waals surface area contributed by atoms with Crippen LogP contribution >= 0.6 is 24.0 Å². The van der Waals surface area contributed by atoms with Crippen LogP contribution < -0.4 is 10.2 Å². The van der Waals surface area contributed by atoms with Crippen LogP contribution in [-0.4, -0.2) is 74.0 Å². The maximum Gasteiger partial charge on any atom is 0.224 e. The fourth-order valence-corrected chi connectivity index (χ4v) is 4.04. The van der Waals surface area contributed by atoms with Gasteiger partial charge >= 0.3 is 0 Å². The molecule has 0 spiro atoms. The van der Waals surface area contributed by atoms with E-state index in [4.69, 9.17) is 0 Å². The van der Waals surface area contributed by atoms with E-state index in [9.17, 15) is 4.79 Å². The number of benzene rings is 1. The van der Waals surface area contributed by atoms with E-state index >= 15 is 0 Å². The largest absolute Gasteiger partial charge is 0.368 e. The zero-order chi connectivity index (χ0) is 19.1. The zero-order valence-electron chi connectivity index (χ0n) is 17.1. The first-order chi connectivity index (χ1) is 13.2. The van der Waals surface area contributed by atoms with Crippen molar-refractivity contribution >= 4 is 41.5 Å². The Hall–Kier alpha value is -1.51. The first-order valence-electron chi connectivity index (χ1n) is 10.2. The highest BCUT2D eigenvalue weighted by Crippen LogP contribution is 2.17. The number of amides is 1. The topological polar surface area (TPSA) is 51.2 Å². The second-order valence-corrected chi connectivity index (χ2v) is 7.47. The molecular formula is C21H34IN5O. The number of para-hydroxylation sites is 1. The molecule has 1 atom stereocenters. The van der Waals surface area contributed by atoms with Crippen molar-refractivity contribution in [2.24, 2.45) is 4.99 Å². The Labute approximate surface area is 186 Å². The summed E-state index contributed by atoms with van der Waals surface area (Å²) < 4.78 is 0. The molecule has 1 N–H and O–H groups in total. The van der Waals surface area contributed by atoms with Gasteiger partial charge in [-0.15, -0.1) is 24.0 Å². The highest BCUT2D eigenvalue weighted by Gasteiger charge is 2.23. The molecule has 2 aliphatic heterocycles. The van der Waals surface area contributed by atoms with Crippen LogP contribution in [0, 0.1) is 0 Å². The molecule has 1 amide bonds. The molecular weight excluding hydrogens is 465 g/mol. The molecule has 6 nitrogen and oxygen atoms in total. The smallest absolute Gasteiger partial charge is 0.224 e. The van der Waals surface area contributed by atoms with E-state index in [0.29, 0.717) is 19.0 Å². The normalized spacial score (nSPS) is 20.6. The molecule has 0 bridgehead atoms. The number of carbonyl (C=O) groups excluding carboxylic acids is 1. The number of nitrogens with zero attached hydrogens (tertiary/aromatic N) is 4. The summed E-state index contributed by atoms with van der Waals surface area (Å²) in [5.41, 5.74) is 1.28. The predicted molar refractivity (Wildman–Crippen MR) is 127 cm³/mol. The van der Waals surface area contributed by atoms with Gasteiger partial charge in [-0.05, 0) is 38.3 Å². The number of piperidine rings is 1. The van der Waals surface area contributed by atoms with Gasteiger partial charge in [0.2, 0.25) is 5.91 Å². The van der Waals surface area contributed by atoms with Gasteiger partial charge in [-0.2, -0.15) is 0 Å². The molecule has 7 heteroatoms. The second kappa shape index (κ2) is 11.5. The van der Waals surface area contributed by atoms with Crippen molar-refractivity contribution in [3.8, 4) is 0 Å². The van der Waals surface area contributed by atoms with Crippen molar-refractivity contribution in [1.82, 2.24) is 15.1 Å². The van der Waals surface area contributed by atoms with E-state index in [1.165, 1.54) is 12.1 Å². The Morgan fingerprint density at radius 1 is 1.11 bits per heavy atom. The van der Waals surface area contributed by atoms with E-state index in [1.54, 1.807) is 0 Å². The Morgan fingerprint density at radius 2 is 1.82 bits per heavy atom. The third kappa shape index (κ3) is 5.99. The lowest BCUT2D eigenvalue weighted by Gasteiger charge is -2.38. The Morgan fingerprint density at radius 3 is 2.46 bits per heavy atom. The van der Waals surface area contributed by atoms with E-state index < -0.39 is 0 Å². The summed E-state index contributed by atoms with van der Waals surface area (Å²) in [6.07, 6.45) is 4.04. The highest BCUT2D eigenvalue weighted by atomic mass is 127. The van der Waals surface area contributed by atoms with Crippen LogP contribution in [0.25, 0.3) is 0 Å². The number of anilines is 1. The van der Waals surface area contributed by atoms with Crippen molar-refractivity contribution in [3.63, 3.8) is 0 Å². The number of rotatable bonds is 4. The average Bonchev–Trinajstić information content (AvgIpc) is 2.72. The van der Waals surface area contributed by atoms with Gasteiger partial charge in [0.25, 0.3) is 0 Å². The van der Waals surface area contributed by atoms with Crippen molar-refractivity contribution in [1.29, 1.82) is 0 Å². The van der Waals surface area contributed by atoms with Crippen molar-refractivity contribution in [3.05, 3.63) is 30.3 Å². The molecule has 0 radical (unpaired) electrons. The van der Waals surface area contributed by atoms with E-state index in [-0.39, 0.29) is 29.9 Å². The first kappa shape index (κ1) is 22.8. The molecule has 0 saturated carbocycles. The second-order valence-electron chi connectivity index (χ2n) is 7.47. The van der Waals surface area contributed by atoms with Gasteiger partial charge in [0.1, 0.15) is 0 Å². The number of guanidine groups is 1.